The van der Waals surface area contributed by atoms with E-state index in [1.807, 2.05) is 0 Å². The van der Waals surface area contributed by atoms with Crippen LogP contribution >= 0.6 is 0 Å². The smallest absolute Gasteiger partial charge is 0.281 e. The van der Waals surface area contributed by atoms with Gasteiger partial charge in [0, 0.05) is 0 Å². The van der Waals surface area contributed by atoms with Crippen molar-refractivity contribution in [3.63, 3.8) is 0 Å². The van der Waals surface area contributed by atoms with Crippen molar-refractivity contribution in [2.75, 3.05) is 14.2 Å². The number of methoxy groups -OCH3 is 2. The van der Waals surface area contributed by atoms with Crippen LogP contribution in [0.2, 0.25) is 0 Å². The van der Waals surface area contributed by atoms with Gasteiger partial charge < -0.3 is 14.5 Å². The number of nitrogens with one attached hydrogen (secondary N) is 2. The Kier molecular flexibility index (Phi) is 2.82. The fraction of sp³-hybridized carbons (Fsp3) is 0.167. The van der Waals surface area contributed by atoms with Crippen molar-refractivity contribution < 1.29 is 9.47 Å². The van der Waals surface area contributed by atoms with Gasteiger partial charge >= 0.3 is 0 Å². The normalized spacial score (nSPS) is 10.7. The van der Waals surface area contributed by atoms with Crippen LogP contribution < -0.4 is 15.0 Å². The first kappa shape index (κ1) is 12.2. The summed E-state index contributed by atoms with van der Waals surface area (Å²) in [6.45, 7) is 0. The first-order chi connectivity index (χ1) is 9.72. The first-order valence-corrected chi connectivity index (χ1v) is 5.76. The van der Waals surface area contributed by atoms with Gasteiger partial charge in [-0.05, 0) is 18.2 Å². The highest BCUT2D eigenvalue weighted by Gasteiger charge is 2.13. The van der Waals surface area contributed by atoms with Crippen LogP contribution in [0.5, 0.6) is 11.5 Å². The second-order valence-electron chi connectivity index (χ2n) is 3.98. The van der Waals surface area contributed by atoms with Gasteiger partial charge in [-0.3, -0.25) is 4.79 Å². The van der Waals surface area contributed by atoms with Gasteiger partial charge in [-0.2, -0.15) is 5.21 Å². The molecule has 0 aliphatic rings. The molecule has 20 heavy (non-hydrogen) atoms. The number of H-pyrrole nitrogens is 2. The Balaban J connectivity index is 2.26. The van der Waals surface area contributed by atoms with Crippen molar-refractivity contribution in [1.82, 2.24) is 25.4 Å². The van der Waals surface area contributed by atoms with Gasteiger partial charge in [0.25, 0.3) is 5.56 Å². The summed E-state index contributed by atoms with van der Waals surface area (Å²) in [6, 6.07) is 5.22. The average molecular weight is 273 g/mol. The maximum atomic E-state index is 11.9. The summed E-state index contributed by atoms with van der Waals surface area (Å²) in [5.74, 6) is 1.53. The Hall–Kier alpha value is -2.90. The van der Waals surface area contributed by atoms with E-state index in [-0.39, 0.29) is 16.7 Å². The quantitative estimate of drug-likeness (QED) is 0.728. The number of hydrogen-bond donors (Lipinski definition) is 2. The van der Waals surface area contributed by atoms with E-state index in [1.54, 1.807) is 25.3 Å². The molecule has 102 valence electrons. The Bertz CT molecular complexity index is 823. The molecule has 0 radical (unpaired) electrons. The second kappa shape index (κ2) is 4.65. The minimum atomic E-state index is -0.372. The van der Waals surface area contributed by atoms with Crippen molar-refractivity contribution >= 4 is 11.2 Å². The lowest BCUT2D eigenvalue weighted by atomic mass is 10.1. The molecule has 3 aromatic rings. The first-order valence-electron chi connectivity index (χ1n) is 5.76. The van der Waals surface area contributed by atoms with Crippen LogP contribution in [0.4, 0.5) is 0 Å². The van der Waals surface area contributed by atoms with Crippen molar-refractivity contribution in [2.45, 2.75) is 0 Å². The molecule has 2 N–H and O–H groups in total. The fourth-order valence-corrected chi connectivity index (χ4v) is 1.88. The lowest BCUT2D eigenvalue weighted by molar-refractivity contribution is 0.404. The minimum absolute atomic E-state index is 0.163. The summed E-state index contributed by atoms with van der Waals surface area (Å²) in [4.78, 5) is 18.8. The molecule has 2 aromatic heterocycles. The maximum Gasteiger partial charge on any atom is 0.281 e. The molecule has 8 heteroatoms. The second-order valence-corrected chi connectivity index (χ2v) is 3.98. The third-order valence-electron chi connectivity index (χ3n) is 2.86. The van der Waals surface area contributed by atoms with Crippen molar-refractivity contribution in [2.24, 2.45) is 0 Å². The number of aromatic amines is 2. The monoisotopic (exact) mass is 273 g/mol. The largest absolute Gasteiger partial charge is 0.497 e. The van der Waals surface area contributed by atoms with Crippen molar-refractivity contribution in [3.8, 4) is 22.9 Å². The molecule has 2 heterocycles. The highest BCUT2D eigenvalue weighted by molar-refractivity contribution is 5.73. The Morgan fingerprint density at radius 3 is 2.75 bits per heavy atom. The van der Waals surface area contributed by atoms with Crippen molar-refractivity contribution in [1.29, 1.82) is 0 Å². The van der Waals surface area contributed by atoms with Crippen molar-refractivity contribution in [3.05, 3.63) is 28.6 Å². The summed E-state index contributed by atoms with van der Waals surface area (Å²) < 4.78 is 10.4. The number of aromatic nitrogens is 5. The SMILES string of the molecule is COc1ccc(OC)c(-c2nc3n[nH]nc3c(=O)[nH]2)c1. The fourth-order valence-electron chi connectivity index (χ4n) is 1.88. The minimum Gasteiger partial charge on any atom is -0.497 e. The van der Waals surface area contributed by atoms with Gasteiger partial charge in [-0.25, -0.2) is 4.98 Å². The van der Waals surface area contributed by atoms with Crippen LogP contribution in [0, 0.1) is 0 Å². The average Bonchev–Trinajstić information content (AvgIpc) is 2.95. The van der Waals surface area contributed by atoms with Gasteiger partial charge in [0.1, 0.15) is 17.3 Å². The van der Waals surface area contributed by atoms with Crippen LogP contribution in [0.3, 0.4) is 0 Å². The van der Waals surface area contributed by atoms with Gasteiger partial charge in [-0.1, -0.05) is 0 Å². The molecule has 0 saturated carbocycles. The Morgan fingerprint density at radius 2 is 2.00 bits per heavy atom. The lowest BCUT2D eigenvalue weighted by Gasteiger charge is -2.09. The molecule has 0 fully saturated rings. The van der Waals surface area contributed by atoms with E-state index in [4.69, 9.17) is 9.47 Å². The molecule has 0 atom stereocenters. The van der Waals surface area contributed by atoms with E-state index < -0.39 is 0 Å². The van der Waals surface area contributed by atoms with Crippen LogP contribution in [0.25, 0.3) is 22.6 Å². The van der Waals surface area contributed by atoms with Gasteiger partial charge in [0.15, 0.2) is 5.52 Å². The van der Waals surface area contributed by atoms with E-state index in [0.29, 0.717) is 22.9 Å². The summed E-state index contributed by atoms with van der Waals surface area (Å²) in [5.41, 5.74) is 0.640. The number of benzene rings is 1. The molecule has 0 aliphatic heterocycles. The molecule has 3 rings (SSSR count). The van der Waals surface area contributed by atoms with Crippen LogP contribution in [0.15, 0.2) is 23.0 Å². The number of ether oxygens (including phenoxy) is 2. The molecular weight excluding hydrogens is 262 g/mol. The van der Waals surface area contributed by atoms with E-state index >= 15 is 0 Å². The number of nitrogens with zero attached hydrogens (tertiary/aromatic N) is 3. The lowest BCUT2D eigenvalue weighted by Crippen LogP contribution is -2.10. The van der Waals surface area contributed by atoms with Crippen LogP contribution in [-0.4, -0.2) is 39.6 Å². The third kappa shape index (κ3) is 1.87. The molecular formula is C12H11N5O3. The van der Waals surface area contributed by atoms with E-state index in [0.717, 1.165) is 0 Å². The molecule has 0 bridgehead atoms. The molecule has 0 spiro atoms. The molecule has 1 aromatic carbocycles. The summed E-state index contributed by atoms with van der Waals surface area (Å²) in [7, 11) is 3.10. The highest BCUT2D eigenvalue weighted by Crippen LogP contribution is 2.31. The third-order valence-corrected chi connectivity index (χ3v) is 2.86. The standard InChI is InChI=1S/C12H11N5O3/c1-19-6-3-4-8(20-2)7(5-6)10-13-11-9(12(18)14-10)15-17-16-11/h3-5H,1-2H3,(H2,13,14,15,16,17,18). The predicted molar refractivity (Wildman–Crippen MR) is 70.8 cm³/mol. The number of hydrogen-bond acceptors (Lipinski definition) is 6. The predicted octanol–water partition coefficient (Wildman–Crippen LogP) is 0.725. The molecule has 0 unspecified atom stereocenters. The van der Waals surface area contributed by atoms with Crippen LogP contribution in [-0.2, 0) is 0 Å². The zero-order valence-electron chi connectivity index (χ0n) is 10.8. The molecule has 0 aliphatic carbocycles. The molecule has 0 amide bonds. The van der Waals surface area contributed by atoms with Gasteiger partial charge in [0.05, 0.1) is 19.8 Å². The van der Waals surface area contributed by atoms with Gasteiger partial charge in [0.2, 0.25) is 5.65 Å². The van der Waals surface area contributed by atoms with E-state index in [1.165, 1.54) is 7.11 Å². The molecule has 0 saturated heterocycles. The molecule has 8 nitrogen and oxygen atoms in total. The summed E-state index contributed by atoms with van der Waals surface area (Å²) in [6.07, 6.45) is 0. The van der Waals surface area contributed by atoms with E-state index in [2.05, 4.69) is 25.4 Å². The van der Waals surface area contributed by atoms with E-state index in [9.17, 15) is 4.79 Å². The highest BCUT2D eigenvalue weighted by atomic mass is 16.5. The summed E-state index contributed by atoms with van der Waals surface area (Å²) >= 11 is 0. The van der Waals surface area contributed by atoms with Crippen LogP contribution in [0.1, 0.15) is 0 Å². The number of fused-ring (bicyclic) bond motifs is 1. The zero-order chi connectivity index (χ0) is 14.1. The Morgan fingerprint density at radius 1 is 1.15 bits per heavy atom. The maximum absolute atomic E-state index is 11.9. The van der Waals surface area contributed by atoms with Gasteiger partial charge in [-0.15, -0.1) is 10.2 Å². The summed E-state index contributed by atoms with van der Waals surface area (Å²) in [5, 5.41) is 9.93. The number of rotatable bonds is 3. The Labute approximate surface area is 112 Å². The zero-order valence-corrected chi connectivity index (χ0v) is 10.8. The topological polar surface area (TPSA) is 106 Å².